The summed E-state index contributed by atoms with van der Waals surface area (Å²) >= 11 is 0. The first-order valence-corrected chi connectivity index (χ1v) is 10.2. The Labute approximate surface area is 176 Å². The van der Waals surface area contributed by atoms with Crippen molar-refractivity contribution in [2.75, 3.05) is 6.61 Å². The van der Waals surface area contributed by atoms with Gasteiger partial charge in [-0.1, -0.05) is 60.7 Å². The summed E-state index contributed by atoms with van der Waals surface area (Å²) in [6.45, 7) is 4.57. The molecule has 0 aliphatic heterocycles. The van der Waals surface area contributed by atoms with E-state index in [4.69, 9.17) is 9.72 Å². The molecule has 1 heterocycles. The molecule has 0 saturated carbocycles. The van der Waals surface area contributed by atoms with Crippen LogP contribution in [0.4, 0.5) is 0 Å². The summed E-state index contributed by atoms with van der Waals surface area (Å²) in [5.74, 6) is 1.22. The van der Waals surface area contributed by atoms with Gasteiger partial charge in [0.1, 0.15) is 12.4 Å². The molecular weight excluding hydrogens is 376 g/mol. The number of aryl methyl sites for hydroxylation is 1. The molecule has 1 atom stereocenters. The Bertz CT molecular complexity index is 1080. The number of benzene rings is 3. The third-order valence-electron chi connectivity index (χ3n) is 5.23. The zero-order chi connectivity index (χ0) is 21.1. The van der Waals surface area contributed by atoms with Crippen LogP contribution in [0.5, 0.6) is 5.75 Å². The molecule has 0 aliphatic carbocycles. The van der Waals surface area contributed by atoms with Crippen molar-refractivity contribution in [3.05, 3.63) is 95.8 Å². The van der Waals surface area contributed by atoms with Crippen LogP contribution in [0.15, 0.2) is 78.9 Å². The molecule has 3 aromatic carbocycles. The van der Waals surface area contributed by atoms with Crippen LogP contribution < -0.4 is 4.74 Å². The normalized spacial score (nSPS) is 12.8. The van der Waals surface area contributed by atoms with Crippen LogP contribution in [-0.2, 0) is 12.1 Å². The highest BCUT2D eigenvalue weighted by Gasteiger charge is 2.38. The summed E-state index contributed by atoms with van der Waals surface area (Å²) in [6.07, 6.45) is -0.548. The van der Waals surface area contributed by atoms with E-state index in [2.05, 4.69) is 0 Å². The van der Waals surface area contributed by atoms with Gasteiger partial charge in [-0.3, -0.25) is 0 Å². The van der Waals surface area contributed by atoms with Crippen molar-refractivity contribution in [2.24, 2.45) is 0 Å². The van der Waals surface area contributed by atoms with Crippen LogP contribution in [-0.4, -0.2) is 32.5 Å². The van der Waals surface area contributed by atoms with Crippen LogP contribution in [0.1, 0.15) is 30.8 Å². The lowest BCUT2D eigenvalue weighted by Crippen LogP contribution is -2.32. The molecule has 0 aliphatic rings. The minimum absolute atomic E-state index is 0.219. The number of hydrogen-bond donors (Lipinski definition) is 2. The fraction of sp³-hybridized carbons (Fsp3) is 0.240. The van der Waals surface area contributed by atoms with Gasteiger partial charge in [0, 0.05) is 12.6 Å². The molecule has 154 valence electrons. The van der Waals surface area contributed by atoms with Crippen molar-refractivity contribution < 1.29 is 14.9 Å². The number of ether oxygens (including phenoxy) is 1. The third kappa shape index (κ3) is 3.58. The molecular formula is C25H26N2O3. The standard InChI is InChI=1S/C25H26N2O3/c1-3-27-23-16-21(30-17-18(2)28)14-15-22(23)26-24(27)25(29,19-10-6-4-7-11-19)20-12-8-5-9-13-20/h4-16,18,28-29H,3,17H2,1-2H3. The van der Waals surface area contributed by atoms with Crippen molar-refractivity contribution in [3.8, 4) is 5.75 Å². The quantitative estimate of drug-likeness (QED) is 0.488. The molecule has 2 N–H and O–H groups in total. The van der Waals surface area contributed by atoms with Crippen molar-refractivity contribution >= 4 is 11.0 Å². The number of aromatic nitrogens is 2. The van der Waals surface area contributed by atoms with Gasteiger partial charge >= 0.3 is 0 Å². The number of rotatable bonds is 7. The molecule has 1 aromatic heterocycles. The lowest BCUT2D eigenvalue weighted by atomic mass is 9.85. The number of nitrogens with zero attached hydrogens (tertiary/aromatic N) is 2. The van der Waals surface area contributed by atoms with E-state index in [-0.39, 0.29) is 6.61 Å². The second-order valence-corrected chi connectivity index (χ2v) is 7.43. The van der Waals surface area contributed by atoms with Gasteiger partial charge in [-0.05, 0) is 37.1 Å². The number of fused-ring (bicyclic) bond motifs is 1. The molecule has 0 amide bonds. The van der Waals surface area contributed by atoms with Crippen LogP contribution >= 0.6 is 0 Å². The molecule has 0 bridgehead atoms. The van der Waals surface area contributed by atoms with Gasteiger partial charge in [0.2, 0.25) is 0 Å². The Morgan fingerprint density at radius 1 is 0.967 bits per heavy atom. The molecule has 0 saturated heterocycles. The second-order valence-electron chi connectivity index (χ2n) is 7.43. The molecule has 4 rings (SSSR count). The van der Waals surface area contributed by atoms with E-state index in [9.17, 15) is 10.2 Å². The fourth-order valence-electron chi connectivity index (χ4n) is 3.79. The van der Waals surface area contributed by atoms with Gasteiger partial charge in [-0.2, -0.15) is 0 Å². The molecule has 5 heteroatoms. The van der Waals surface area contributed by atoms with Crippen LogP contribution in [0, 0.1) is 0 Å². The van der Waals surface area contributed by atoms with Gasteiger partial charge in [0.25, 0.3) is 0 Å². The topological polar surface area (TPSA) is 67.5 Å². The van der Waals surface area contributed by atoms with E-state index in [1.807, 2.05) is 90.4 Å². The Kier molecular flexibility index (Phi) is 5.57. The Morgan fingerprint density at radius 2 is 1.57 bits per heavy atom. The predicted molar refractivity (Wildman–Crippen MR) is 118 cm³/mol. The number of aliphatic hydroxyl groups excluding tert-OH is 1. The van der Waals surface area contributed by atoms with Crippen LogP contribution in [0.25, 0.3) is 11.0 Å². The van der Waals surface area contributed by atoms with Gasteiger partial charge in [-0.15, -0.1) is 0 Å². The Morgan fingerprint density at radius 3 is 2.10 bits per heavy atom. The first-order valence-electron chi connectivity index (χ1n) is 10.2. The highest BCUT2D eigenvalue weighted by molar-refractivity contribution is 5.78. The summed E-state index contributed by atoms with van der Waals surface area (Å²) < 4.78 is 7.70. The lowest BCUT2D eigenvalue weighted by molar-refractivity contribution is 0.112. The molecule has 30 heavy (non-hydrogen) atoms. The van der Waals surface area contributed by atoms with Crippen LogP contribution in [0.2, 0.25) is 0 Å². The van der Waals surface area contributed by atoms with Crippen molar-refractivity contribution in [2.45, 2.75) is 32.1 Å². The third-order valence-corrected chi connectivity index (χ3v) is 5.23. The molecule has 5 nitrogen and oxygen atoms in total. The number of hydrogen-bond acceptors (Lipinski definition) is 4. The van der Waals surface area contributed by atoms with Crippen molar-refractivity contribution in [3.63, 3.8) is 0 Å². The van der Waals surface area contributed by atoms with Crippen molar-refractivity contribution in [1.29, 1.82) is 0 Å². The maximum atomic E-state index is 12.1. The van der Waals surface area contributed by atoms with Gasteiger partial charge in [0.05, 0.1) is 17.1 Å². The van der Waals surface area contributed by atoms with E-state index in [0.717, 1.165) is 22.2 Å². The highest BCUT2D eigenvalue weighted by atomic mass is 16.5. The minimum Gasteiger partial charge on any atom is -0.491 e. The van der Waals surface area contributed by atoms with Crippen molar-refractivity contribution in [1.82, 2.24) is 9.55 Å². The average molecular weight is 402 g/mol. The first-order chi connectivity index (χ1) is 14.5. The molecule has 0 fully saturated rings. The number of aliphatic hydroxyl groups is 2. The zero-order valence-corrected chi connectivity index (χ0v) is 17.2. The van der Waals surface area contributed by atoms with E-state index >= 15 is 0 Å². The smallest absolute Gasteiger partial charge is 0.173 e. The largest absolute Gasteiger partial charge is 0.491 e. The first kappa shape index (κ1) is 20.1. The lowest BCUT2D eigenvalue weighted by Gasteiger charge is -2.29. The van der Waals surface area contributed by atoms with Crippen LogP contribution in [0.3, 0.4) is 0 Å². The summed E-state index contributed by atoms with van der Waals surface area (Å²) in [5, 5.41) is 21.7. The molecule has 0 radical (unpaired) electrons. The summed E-state index contributed by atoms with van der Waals surface area (Å²) in [7, 11) is 0. The molecule has 4 aromatic rings. The summed E-state index contributed by atoms with van der Waals surface area (Å²) in [4.78, 5) is 4.85. The van der Waals surface area contributed by atoms with E-state index < -0.39 is 11.7 Å². The zero-order valence-electron chi connectivity index (χ0n) is 17.2. The molecule has 1 unspecified atom stereocenters. The van der Waals surface area contributed by atoms with E-state index in [1.165, 1.54) is 0 Å². The van der Waals surface area contributed by atoms with Gasteiger partial charge in [0.15, 0.2) is 11.4 Å². The Hall–Kier alpha value is -3.15. The average Bonchev–Trinajstić information content (AvgIpc) is 3.16. The van der Waals surface area contributed by atoms with Gasteiger partial charge in [-0.25, -0.2) is 4.98 Å². The second kappa shape index (κ2) is 8.30. The Balaban J connectivity index is 1.92. The minimum atomic E-state index is -1.40. The predicted octanol–water partition coefficient (Wildman–Crippen LogP) is 4.10. The van der Waals surface area contributed by atoms with E-state index in [1.54, 1.807) is 6.92 Å². The maximum Gasteiger partial charge on any atom is 0.173 e. The monoisotopic (exact) mass is 402 g/mol. The summed E-state index contributed by atoms with van der Waals surface area (Å²) in [6, 6.07) is 24.9. The van der Waals surface area contributed by atoms with Gasteiger partial charge < -0.3 is 19.5 Å². The summed E-state index contributed by atoms with van der Waals surface area (Å²) in [5.41, 5.74) is 1.76. The number of imidazole rings is 1. The maximum absolute atomic E-state index is 12.1. The highest BCUT2D eigenvalue weighted by Crippen LogP contribution is 2.38. The molecule has 0 spiro atoms. The SMILES string of the molecule is CCn1c(C(O)(c2ccccc2)c2ccccc2)nc2ccc(OCC(C)O)cc21. The van der Waals surface area contributed by atoms with E-state index in [0.29, 0.717) is 18.1 Å². The fourth-order valence-corrected chi connectivity index (χ4v) is 3.79.